The Morgan fingerprint density at radius 3 is 2.35 bits per heavy atom. The topological polar surface area (TPSA) is 29.1 Å². The van der Waals surface area contributed by atoms with Crippen molar-refractivity contribution in [2.75, 3.05) is 5.32 Å². The Kier molecular flexibility index (Phi) is 3.76. The monoisotopic (exact) mass is 419 g/mol. The summed E-state index contributed by atoms with van der Waals surface area (Å²) in [6.45, 7) is 0. The molecule has 1 atom stereocenters. The lowest BCUT2D eigenvalue weighted by molar-refractivity contribution is 0.103. The molecule has 0 radical (unpaired) electrons. The second-order valence-corrected chi connectivity index (χ2v) is 8.40. The zero-order valence-electron chi connectivity index (χ0n) is 13.7. The fourth-order valence-electron chi connectivity index (χ4n) is 3.55. The second-order valence-electron chi connectivity index (χ2n) is 6.33. The van der Waals surface area contributed by atoms with Gasteiger partial charge in [-0.1, -0.05) is 64.5 Å². The van der Waals surface area contributed by atoms with Gasteiger partial charge < -0.3 is 5.32 Å². The van der Waals surface area contributed by atoms with E-state index in [-0.39, 0.29) is 11.0 Å². The lowest BCUT2D eigenvalue weighted by atomic mass is 10.0. The normalized spacial score (nSPS) is 17.9. The lowest BCUT2D eigenvalue weighted by Crippen LogP contribution is -2.07. The Bertz CT molecular complexity index is 1070. The number of halogens is 1. The van der Waals surface area contributed by atoms with Gasteiger partial charge in [0.15, 0.2) is 5.78 Å². The van der Waals surface area contributed by atoms with Crippen LogP contribution in [0.25, 0.3) is 5.70 Å². The highest BCUT2D eigenvalue weighted by molar-refractivity contribution is 9.10. The largest absolute Gasteiger partial charge is 0.354 e. The molecule has 3 aromatic rings. The van der Waals surface area contributed by atoms with Gasteiger partial charge in [-0.2, -0.15) is 0 Å². The summed E-state index contributed by atoms with van der Waals surface area (Å²) < 4.78 is 1.04. The minimum atomic E-state index is -0.0471. The first kappa shape index (κ1) is 15.9. The van der Waals surface area contributed by atoms with E-state index in [1.165, 1.54) is 0 Å². The zero-order valence-corrected chi connectivity index (χ0v) is 16.1. The van der Waals surface area contributed by atoms with Gasteiger partial charge in [-0.3, -0.25) is 4.79 Å². The van der Waals surface area contributed by atoms with Crippen molar-refractivity contribution in [2.24, 2.45) is 0 Å². The molecule has 1 aliphatic heterocycles. The summed E-state index contributed by atoms with van der Waals surface area (Å²) in [6.07, 6.45) is 0. The lowest BCUT2D eigenvalue weighted by Gasteiger charge is -2.17. The molecule has 1 N–H and O–H groups in total. The molecule has 0 fully saturated rings. The SMILES string of the molecule is O=C1C2=C(Nc3ccccc3S[C@@H]2c2ccc(Br)cc2)c2ccccc21. The molecule has 0 unspecified atom stereocenters. The second kappa shape index (κ2) is 6.15. The molecule has 2 aliphatic rings. The van der Waals surface area contributed by atoms with Gasteiger partial charge in [-0.25, -0.2) is 0 Å². The maximum absolute atomic E-state index is 13.3. The fourth-order valence-corrected chi connectivity index (χ4v) is 5.11. The molecule has 0 saturated heterocycles. The summed E-state index contributed by atoms with van der Waals surface area (Å²) >= 11 is 5.24. The number of nitrogens with one attached hydrogen (secondary N) is 1. The highest BCUT2D eigenvalue weighted by atomic mass is 79.9. The van der Waals surface area contributed by atoms with Crippen molar-refractivity contribution in [1.29, 1.82) is 0 Å². The van der Waals surface area contributed by atoms with Crippen LogP contribution in [0.4, 0.5) is 5.69 Å². The van der Waals surface area contributed by atoms with E-state index < -0.39 is 0 Å². The molecule has 5 rings (SSSR count). The van der Waals surface area contributed by atoms with Gasteiger partial charge in [0.25, 0.3) is 0 Å². The van der Waals surface area contributed by atoms with E-state index in [0.29, 0.717) is 0 Å². The average molecular weight is 420 g/mol. The molecular weight excluding hydrogens is 406 g/mol. The smallest absolute Gasteiger partial charge is 0.193 e. The van der Waals surface area contributed by atoms with Crippen molar-refractivity contribution in [3.8, 4) is 0 Å². The zero-order chi connectivity index (χ0) is 17.7. The molecule has 1 heterocycles. The van der Waals surface area contributed by atoms with E-state index in [0.717, 1.165) is 43.0 Å². The van der Waals surface area contributed by atoms with Crippen LogP contribution in [0, 0.1) is 0 Å². The summed E-state index contributed by atoms with van der Waals surface area (Å²) in [5.74, 6) is 0.122. The summed E-state index contributed by atoms with van der Waals surface area (Å²) in [4.78, 5) is 14.4. The van der Waals surface area contributed by atoms with Crippen molar-refractivity contribution in [1.82, 2.24) is 0 Å². The van der Waals surface area contributed by atoms with Crippen LogP contribution in [0.15, 0.2) is 87.7 Å². The number of anilines is 1. The van der Waals surface area contributed by atoms with Crippen LogP contribution >= 0.6 is 27.7 Å². The molecule has 0 saturated carbocycles. The van der Waals surface area contributed by atoms with E-state index in [4.69, 9.17) is 0 Å². The number of rotatable bonds is 1. The van der Waals surface area contributed by atoms with Crippen LogP contribution in [0.1, 0.15) is 26.7 Å². The van der Waals surface area contributed by atoms with Crippen molar-refractivity contribution in [3.05, 3.63) is 99.5 Å². The minimum absolute atomic E-state index is 0.0471. The van der Waals surface area contributed by atoms with E-state index in [1.54, 1.807) is 11.8 Å². The average Bonchev–Trinajstić information content (AvgIpc) is 2.84. The number of Topliss-reactive ketones (excluding diaryl/α,β-unsaturated/α-hetero) is 1. The van der Waals surface area contributed by atoms with Gasteiger partial charge in [-0.15, -0.1) is 11.8 Å². The number of thioether (sulfide) groups is 1. The van der Waals surface area contributed by atoms with Crippen molar-refractivity contribution < 1.29 is 4.79 Å². The quantitative estimate of drug-likeness (QED) is 0.500. The summed E-state index contributed by atoms with van der Waals surface area (Å²) in [5.41, 5.74) is 5.74. The third-order valence-electron chi connectivity index (χ3n) is 4.78. The van der Waals surface area contributed by atoms with Gasteiger partial charge in [0.05, 0.1) is 16.6 Å². The first-order chi connectivity index (χ1) is 12.7. The summed E-state index contributed by atoms with van der Waals surface area (Å²) in [6, 6.07) is 24.4. The Morgan fingerprint density at radius 2 is 1.54 bits per heavy atom. The van der Waals surface area contributed by atoms with Crippen LogP contribution in [0.2, 0.25) is 0 Å². The fraction of sp³-hybridized carbons (Fsp3) is 0.0455. The number of hydrogen-bond donors (Lipinski definition) is 1. The molecular formula is C22H14BrNOS. The molecule has 0 bridgehead atoms. The third-order valence-corrected chi connectivity index (χ3v) is 6.66. The van der Waals surface area contributed by atoms with E-state index in [1.807, 2.05) is 48.5 Å². The molecule has 1 aliphatic carbocycles. The van der Waals surface area contributed by atoms with Crippen molar-refractivity contribution in [2.45, 2.75) is 10.1 Å². The molecule has 0 aromatic heterocycles. The highest BCUT2D eigenvalue weighted by Crippen LogP contribution is 2.52. The molecule has 26 heavy (non-hydrogen) atoms. The van der Waals surface area contributed by atoms with Crippen LogP contribution < -0.4 is 5.32 Å². The third kappa shape index (κ3) is 2.44. The number of benzene rings is 3. The van der Waals surface area contributed by atoms with Crippen LogP contribution in [0.3, 0.4) is 0 Å². The first-order valence-electron chi connectivity index (χ1n) is 8.39. The molecule has 2 nitrogen and oxygen atoms in total. The van der Waals surface area contributed by atoms with Gasteiger partial charge in [-0.05, 0) is 29.8 Å². The van der Waals surface area contributed by atoms with Crippen molar-refractivity contribution >= 4 is 44.9 Å². The van der Waals surface area contributed by atoms with Gasteiger partial charge in [0, 0.05) is 26.1 Å². The highest BCUT2D eigenvalue weighted by Gasteiger charge is 2.37. The van der Waals surface area contributed by atoms with Gasteiger partial charge >= 0.3 is 0 Å². The number of ketones is 1. The van der Waals surface area contributed by atoms with E-state index in [9.17, 15) is 4.79 Å². The van der Waals surface area contributed by atoms with Crippen molar-refractivity contribution in [3.63, 3.8) is 0 Å². The number of hydrogen-bond acceptors (Lipinski definition) is 3. The van der Waals surface area contributed by atoms with Gasteiger partial charge in [0.2, 0.25) is 0 Å². The predicted molar refractivity (Wildman–Crippen MR) is 110 cm³/mol. The van der Waals surface area contributed by atoms with Gasteiger partial charge in [0.1, 0.15) is 0 Å². The maximum Gasteiger partial charge on any atom is 0.193 e. The Labute approximate surface area is 164 Å². The van der Waals surface area contributed by atoms with Crippen LogP contribution in [0.5, 0.6) is 0 Å². The van der Waals surface area contributed by atoms with E-state index >= 15 is 0 Å². The molecule has 126 valence electrons. The van der Waals surface area contributed by atoms with Crippen LogP contribution in [-0.2, 0) is 0 Å². The maximum atomic E-state index is 13.3. The Morgan fingerprint density at radius 1 is 0.846 bits per heavy atom. The standard InChI is InChI=1S/C22H14BrNOS/c23-14-11-9-13(10-12-14)22-19-20(15-5-1-2-6-16(15)21(19)25)24-17-7-3-4-8-18(17)26-22/h1-12,22,24H/t22-/m1/s1. The predicted octanol–water partition coefficient (Wildman–Crippen LogP) is 6.32. The molecule has 3 aromatic carbocycles. The number of carbonyl (C=O) groups excluding carboxylic acids is 1. The molecule has 0 amide bonds. The molecule has 0 spiro atoms. The van der Waals surface area contributed by atoms with E-state index in [2.05, 4.69) is 45.5 Å². The minimum Gasteiger partial charge on any atom is -0.354 e. The first-order valence-corrected chi connectivity index (χ1v) is 10.1. The Hall–Kier alpha value is -2.30. The summed E-state index contributed by atoms with van der Waals surface area (Å²) in [7, 11) is 0. The number of carbonyl (C=O) groups is 1. The number of para-hydroxylation sites is 1. The number of fused-ring (bicyclic) bond motifs is 3. The summed E-state index contributed by atoms with van der Waals surface area (Å²) in [5, 5.41) is 3.50. The molecule has 4 heteroatoms. The Balaban J connectivity index is 1.74. The van der Waals surface area contributed by atoms with Crippen LogP contribution in [-0.4, -0.2) is 5.78 Å².